The van der Waals surface area contributed by atoms with E-state index in [0.29, 0.717) is 12.1 Å². The summed E-state index contributed by atoms with van der Waals surface area (Å²) in [4.78, 5) is 20.0. The molecule has 1 N–H and O–H groups in total. The predicted molar refractivity (Wildman–Crippen MR) is 63.9 cm³/mol. The van der Waals surface area contributed by atoms with Crippen LogP contribution in [0.25, 0.3) is 0 Å². The molecule has 0 atom stereocenters. The third kappa shape index (κ3) is 2.74. The van der Waals surface area contributed by atoms with Crippen molar-refractivity contribution in [3.63, 3.8) is 0 Å². The van der Waals surface area contributed by atoms with Gasteiger partial charge in [0.05, 0.1) is 11.8 Å². The van der Waals surface area contributed by atoms with E-state index in [0.717, 1.165) is 26.1 Å². The smallest absolute Gasteiger partial charge is 0.257 e. The number of likely N-dealkylation sites (N-methyl/N-ethyl adjacent to an activating group) is 1. The molecular weight excluding hydrogens is 218 g/mol. The fraction of sp³-hybridized carbons (Fsp3) is 0.500. The lowest BCUT2D eigenvalue weighted by Gasteiger charge is -2.20. The third-order valence-corrected chi connectivity index (χ3v) is 3.04. The summed E-state index contributed by atoms with van der Waals surface area (Å²) in [7, 11) is 2.05. The van der Waals surface area contributed by atoms with Gasteiger partial charge < -0.3 is 14.9 Å². The number of hydrogen-bond acceptors (Lipinski definition) is 4. The lowest BCUT2D eigenvalue weighted by atomic mass is 10.2. The Hall–Kier alpha value is -1.62. The summed E-state index contributed by atoms with van der Waals surface area (Å²) in [6.07, 6.45) is 3.79. The van der Waals surface area contributed by atoms with Crippen LogP contribution in [0.5, 0.6) is 5.75 Å². The molecule has 1 fully saturated rings. The van der Waals surface area contributed by atoms with Crippen LogP contribution in [0.4, 0.5) is 0 Å². The van der Waals surface area contributed by atoms with E-state index in [1.54, 1.807) is 11.0 Å². The summed E-state index contributed by atoms with van der Waals surface area (Å²) in [6, 6.07) is 1.56. The van der Waals surface area contributed by atoms with E-state index in [1.807, 2.05) is 0 Å². The number of rotatable bonds is 1. The zero-order chi connectivity index (χ0) is 12.3. The first-order chi connectivity index (χ1) is 8.18. The van der Waals surface area contributed by atoms with E-state index in [4.69, 9.17) is 0 Å². The number of aromatic nitrogens is 1. The molecule has 0 bridgehead atoms. The molecule has 17 heavy (non-hydrogen) atoms. The van der Waals surface area contributed by atoms with E-state index < -0.39 is 0 Å². The largest absolute Gasteiger partial charge is 0.505 e. The monoisotopic (exact) mass is 235 g/mol. The van der Waals surface area contributed by atoms with E-state index in [2.05, 4.69) is 16.9 Å². The van der Waals surface area contributed by atoms with Crippen LogP contribution >= 0.6 is 0 Å². The predicted octanol–water partition coefficient (Wildman–Crippen LogP) is 0.565. The van der Waals surface area contributed by atoms with Gasteiger partial charge in [0, 0.05) is 25.8 Å². The van der Waals surface area contributed by atoms with Gasteiger partial charge in [-0.05, 0) is 26.1 Å². The molecular formula is C12H17N3O2. The summed E-state index contributed by atoms with van der Waals surface area (Å²) in [6.45, 7) is 3.33. The van der Waals surface area contributed by atoms with Gasteiger partial charge in [0.1, 0.15) is 5.75 Å². The van der Waals surface area contributed by atoms with Crippen molar-refractivity contribution in [3.05, 3.63) is 24.0 Å². The van der Waals surface area contributed by atoms with Crippen LogP contribution in [0, 0.1) is 0 Å². The Balaban J connectivity index is 2.12. The van der Waals surface area contributed by atoms with Crippen LogP contribution in [-0.2, 0) is 0 Å². The maximum Gasteiger partial charge on any atom is 0.257 e. The molecule has 1 aliphatic heterocycles. The maximum atomic E-state index is 12.2. The van der Waals surface area contributed by atoms with Crippen molar-refractivity contribution in [2.24, 2.45) is 0 Å². The molecule has 0 unspecified atom stereocenters. The molecule has 5 heteroatoms. The molecule has 0 aliphatic carbocycles. The standard InChI is InChI=1S/C12H17N3O2/c1-14-5-2-6-15(8-7-14)12(17)10-3-4-13-9-11(10)16/h3-4,9,16H,2,5-8H2,1H3. The SMILES string of the molecule is CN1CCCN(C(=O)c2ccncc2O)CC1. The van der Waals surface area contributed by atoms with Gasteiger partial charge in [0.2, 0.25) is 0 Å². The highest BCUT2D eigenvalue weighted by molar-refractivity contribution is 5.96. The van der Waals surface area contributed by atoms with E-state index in [-0.39, 0.29) is 11.7 Å². The van der Waals surface area contributed by atoms with Gasteiger partial charge in [-0.1, -0.05) is 0 Å². The number of pyridine rings is 1. The van der Waals surface area contributed by atoms with Gasteiger partial charge >= 0.3 is 0 Å². The second kappa shape index (κ2) is 5.14. The molecule has 92 valence electrons. The maximum absolute atomic E-state index is 12.2. The summed E-state index contributed by atoms with van der Waals surface area (Å²) >= 11 is 0. The average Bonchev–Trinajstić information content (AvgIpc) is 2.54. The lowest BCUT2D eigenvalue weighted by molar-refractivity contribution is 0.0759. The number of carbonyl (C=O) groups is 1. The summed E-state index contributed by atoms with van der Waals surface area (Å²) in [5.74, 6) is -0.157. The normalized spacial score (nSPS) is 17.8. The lowest BCUT2D eigenvalue weighted by Crippen LogP contribution is -2.34. The van der Waals surface area contributed by atoms with Gasteiger partial charge in [-0.3, -0.25) is 9.78 Å². The van der Waals surface area contributed by atoms with Gasteiger partial charge in [0.25, 0.3) is 5.91 Å². The quantitative estimate of drug-likeness (QED) is 0.773. The molecule has 1 aromatic rings. The summed E-state index contributed by atoms with van der Waals surface area (Å²) in [5.41, 5.74) is 0.338. The minimum absolute atomic E-state index is 0.0462. The van der Waals surface area contributed by atoms with Crippen molar-refractivity contribution < 1.29 is 9.90 Å². The third-order valence-electron chi connectivity index (χ3n) is 3.04. The molecule has 0 aromatic carbocycles. The highest BCUT2D eigenvalue weighted by Gasteiger charge is 2.20. The molecule has 0 spiro atoms. The first kappa shape index (κ1) is 11.9. The average molecular weight is 235 g/mol. The van der Waals surface area contributed by atoms with Crippen LogP contribution in [0.1, 0.15) is 16.8 Å². The minimum atomic E-state index is -0.111. The van der Waals surface area contributed by atoms with Crippen LogP contribution in [0.15, 0.2) is 18.5 Å². The summed E-state index contributed by atoms with van der Waals surface area (Å²) in [5, 5.41) is 9.61. The van der Waals surface area contributed by atoms with E-state index >= 15 is 0 Å². The minimum Gasteiger partial charge on any atom is -0.505 e. The first-order valence-corrected chi connectivity index (χ1v) is 5.79. The van der Waals surface area contributed by atoms with Crippen LogP contribution < -0.4 is 0 Å². The van der Waals surface area contributed by atoms with Crippen LogP contribution in [0.2, 0.25) is 0 Å². The molecule has 1 aliphatic rings. The number of hydrogen-bond donors (Lipinski definition) is 1. The van der Waals surface area contributed by atoms with Crippen molar-refractivity contribution in [2.45, 2.75) is 6.42 Å². The number of aromatic hydroxyl groups is 1. The Bertz CT molecular complexity index is 408. The number of carbonyl (C=O) groups excluding carboxylic acids is 1. The molecule has 0 radical (unpaired) electrons. The molecule has 1 amide bonds. The highest BCUT2D eigenvalue weighted by Crippen LogP contribution is 2.17. The molecule has 0 saturated carbocycles. The highest BCUT2D eigenvalue weighted by atomic mass is 16.3. The Labute approximate surface area is 101 Å². The molecule has 2 rings (SSSR count). The number of amides is 1. The van der Waals surface area contributed by atoms with E-state index in [9.17, 15) is 9.90 Å². The van der Waals surface area contributed by atoms with Crippen molar-refractivity contribution in [1.82, 2.24) is 14.8 Å². The molecule has 1 aromatic heterocycles. The second-order valence-electron chi connectivity index (χ2n) is 4.34. The summed E-state index contributed by atoms with van der Waals surface area (Å²) < 4.78 is 0. The van der Waals surface area contributed by atoms with E-state index in [1.165, 1.54) is 12.4 Å². The first-order valence-electron chi connectivity index (χ1n) is 5.79. The van der Waals surface area contributed by atoms with Crippen LogP contribution in [0.3, 0.4) is 0 Å². The topological polar surface area (TPSA) is 56.7 Å². The van der Waals surface area contributed by atoms with Gasteiger partial charge in [-0.2, -0.15) is 0 Å². The fourth-order valence-electron chi connectivity index (χ4n) is 1.99. The van der Waals surface area contributed by atoms with Crippen LogP contribution in [-0.4, -0.2) is 59.0 Å². The molecule has 5 nitrogen and oxygen atoms in total. The Kier molecular flexibility index (Phi) is 3.58. The van der Waals surface area contributed by atoms with Gasteiger partial charge in [-0.15, -0.1) is 0 Å². The molecule has 2 heterocycles. The Morgan fingerprint density at radius 2 is 2.18 bits per heavy atom. The number of nitrogens with zero attached hydrogens (tertiary/aromatic N) is 3. The Morgan fingerprint density at radius 3 is 2.94 bits per heavy atom. The molecule has 1 saturated heterocycles. The van der Waals surface area contributed by atoms with Crippen molar-refractivity contribution in [2.75, 3.05) is 33.2 Å². The van der Waals surface area contributed by atoms with Gasteiger partial charge in [-0.25, -0.2) is 0 Å². The van der Waals surface area contributed by atoms with Gasteiger partial charge in [0.15, 0.2) is 0 Å². The zero-order valence-corrected chi connectivity index (χ0v) is 9.96. The fourth-order valence-corrected chi connectivity index (χ4v) is 1.99. The second-order valence-corrected chi connectivity index (χ2v) is 4.34. The van der Waals surface area contributed by atoms with Crippen molar-refractivity contribution in [1.29, 1.82) is 0 Å². The Morgan fingerprint density at radius 1 is 1.35 bits per heavy atom. The zero-order valence-electron chi connectivity index (χ0n) is 9.96. The van der Waals surface area contributed by atoms with Crippen molar-refractivity contribution in [3.8, 4) is 5.75 Å². The van der Waals surface area contributed by atoms with Crippen molar-refractivity contribution >= 4 is 5.91 Å².